The molecule has 0 spiro atoms. The van der Waals surface area contributed by atoms with Gasteiger partial charge in [0.2, 0.25) is 0 Å². The number of halogens is 2. The third kappa shape index (κ3) is 4.93. The van der Waals surface area contributed by atoms with Gasteiger partial charge in [0.25, 0.3) is 0 Å². The van der Waals surface area contributed by atoms with E-state index in [-0.39, 0.29) is 35.2 Å². The summed E-state index contributed by atoms with van der Waals surface area (Å²) in [6.45, 7) is 0. The van der Waals surface area contributed by atoms with E-state index >= 15 is 0 Å². The van der Waals surface area contributed by atoms with E-state index in [9.17, 15) is 32.8 Å². The monoisotopic (exact) mass is 538 g/mol. The molecule has 4 atom stereocenters. The lowest BCUT2D eigenvalue weighted by molar-refractivity contribution is -0.0288. The number of aromatic nitrogens is 2. The standard InChI is InChI=1S/C18H21ClFN4O8PS/c19-16-11(5-21)13(22-9-3-8(20)4-9)10-1-2-24(17(10)23-16)18-15(26)14(25)12(32-18)6-34(30,31)7-33(27,28)29/h1-2,8-9,12,14-15,18,25-26H,3-4,6-7H2,(H,22,23)(H2,27,28,29)/t8?,9?,12-,14-,15-,18-/m1/s1. The van der Waals surface area contributed by atoms with E-state index in [0.29, 0.717) is 11.1 Å². The molecule has 2 aliphatic rings. The summed E-state index contributed by atoms with van der Waals surface area (Å²) in [7, 11) is -9.21. The molecule has 3 heterocycles. The van der Waals surface area contributed by atoms with E-state index < -0.39 is 59.4 Å². The number of nitriles is 1. The molecule has 16 heteroatoms. The Bertz CT molecular complexity index is 1310. The molecule has 2 aromatic heterocycles. The normalized spacial score (nSPS) is 29.7. The Morgan fingerprint density at radius 3 is 2.62 bits per heavy atom. The van der Waals surface area contributed by atoms with Crippen LogP contribution in [0, 0.1) is 11.3 Å². The molecule has 0 amide bonds. The van der Waals surface area contributed by atoms with Crippen LogP contribution in [0.25, 0.3) is 11.0 Å². The molecule has 2 aromatic rings. The molecule has 1 saturated heterocycles. The molecule has 12 nitrogen and oxygen atoms in total. The summed E-state index contributed by atoms with van der Waals surface area (Å²) in [5.74, 6) is -0.933. The van der Waals surface area contributed by atoms with Gasteiger partial charge in [-0.25, -0.2) is 17.8 Å². The summed E-state index contributed by atoms with van der Waals surface area (Å²) in [5, 5.41) is 33.7. The van der Waals surface area contributed by atoms with E-state index in [2.05, 4.69) is 10.3 Å². The van der Waals surface area contributed by atoms with Gasteiger partial charge >= 0.3 is 7.60 Å². The number of hydrogen-bond acceptors (Lipinski definition) is 9. The molecule has 4 rings (SSSR count). The summed E-state index contributed by atoms with van der Waals surface area (Å²) >= 11 is 6.19. The van der Waals surface area contributed by atoms with Crippen molar-refractivity contribution in [2.45, 2.75) is 49.6 Å². The molecule has 34 heavy (non-hydrogen) atoms. The van der Waals surface area contributed by atoms with Gasteiger partial charge in [-0.1, -0.05) is 11.6 Å². The van der Waals surface area contributed by atoms with Crippen molar-refractivity contribution in [1.29, 1.82) is 5.26 Å². The van der Waals surface area contributed by atoms with Gasteiger partial charge in [-0.2, -0.15) is 5.26 Å². The Hall–Kier alpha value is -1.82. The van der Waals surface area contributed by atoms with E-state index in [4.69, 9.17) is 26.1 Å². The first kappa shape index (κ1) is 25.3. The zero-order chi connectivity index (χ0) is 25.0. The second kappa shape index (κ2) is 9.00. The number of nitrogens with one attached hydrogen (secondary N) is 1. The van der Waals surface area contributed by atoms with Crippen LogP contribution in [-0.4, -0.2) is 79.7 Å². The van der Waals surface area contributed by atoms with Crippen LogP contribution in [0.1, 0.15) is 24.6 Å². The first-order valence-corrected chi connectivity index (χ1v) is 14.1. The molecule has 2 fully saturated rings. The van der Waals surface area contributed by atoms with Gasteiger partial charge in [-0.15, -0.1) is 0 Å². The molecule has 0 radical (unpaired) electrons. The Kier molecular flexibility index (Phi) is 6.69. The number of rotatable bonds is 7. The van der Waals surface area contributed by atoms with Gasteiger partial charge in [0.1, 0.15) is 41.8 Å². The number of fused-ring (bicyclic) bond motifs is 1. The van der Waals surface area contributed by atoms with Crippen molar-refractivity contribution in [3.8, 4) is 6.07 Å². The van der Waals surface area contributed by atoms with Crippen LogP contribution < -0.4 is 5.32 Å². The van der Waals surface area contributed by atoms with Crippen LogP contribution in [0.2, 0.25) is 5.15 Å². The molecule has 0 bridgehead atoms. The van der Waals surface area contributed by atoms with Gasteiger partial charge < -0.3 is 34.6 Å². The van der Waals surface area contributed by atoms with Crippen LogP contribution in [0.3, 0.4) is 0 Å². The minimum absolute atomic E-state index is 0.0450. The molecule has 186 valence electrons. The van der Waals surface area contributed by atoms with Crippen molar-refractivity contribution in [1.82, 2.24) is 9.55 Å². The van der Waals surface area contributed by atoms with Gasteiger partial charge in [0.15, 0.2) is 26.7 Å². The number of aliphatic hydroxyl groups excluding tert-OH is 2. The van der Waals surface area contributed by atoms with Crippen molar-refractivity contribution in [3.63, 3.8) is 0 Å². The molecular weight excluding hydrogens is 518 g/mol. The summed E-state index contributed by atoms with van der Waals surface area (Å²) in [5.41, 5.74) is -0.910. The molecular formula is C18H21ClFN4O8PS. The molecule has 0 unspecified atom stereocenters. The average Bonchev–Trinajstić information content (AvgIpc) is 3.20. The molecule has 1 saturated carbocycles. The largest absolute Gasteiger partial charge is 0.387 e. The van der Waals surface area contributed by atoms with Gasteiger partial charge in [-0.05, 0) is 18.9 Å². The Labute approximate surface area is 198 Å². The Morgan fingerprint density at radius 1 is 1.35 bits per heavy atom. The topological polar surface area (TPSA) is 195 Å². The van der Waals surface area contributed by atoms with E-state index in [1.54, 1.807) is 6.07 Å². The van der Waals surface area contributed by atoms with Crippen molar-refractivity contribution in [2.24, 2.45) is 0 Å². The summed E-state index contributed by atoms with van der Waals surface area (Å²) in [6.07, 6.45) is -5.07. The highest BCUT2D eigenvalue weighted by Gasteiger charge is 2.46. The minimum Gasteiger partial charge on any atom is -0.387 e. The zero-order valence-electron chi connectivity index (χ0n) is 17.3. The van der Waals surface area contributed by atoms with Gasteiger partial charge in [0, 0.05) is 17.6 Å². The number of hydrogen-bond donors (Lipinski definition) is 5. The predicted molar refractivity (Wildman–Crippen MR) is 118 cm³/mol. The molecule has 1 aliphatic carbocycles. The summed E-state index contributed by atoms with van der Waals surface area (Å²) in [4.78, 5) is 22.1. The number of anilines is 1. The SMILES string of the molecule is N#Cc1c(Cl)nc2c(ccn2[C@@H]2O[C@H](CS(=O)(=O)CP(=O)(O)O)[C@@H](O)[C@H]2O)c1NC1CC(F)C1. The summed E-state index contributed by atoms with van der Waals surface area (Å²) in [6, 6.07) is 3.29. The predicted octanol–water partition coefficient (Wildman–Crippen LogP) is 0.643. The van der Waals surface area contributed by atoms with E-state index in [1.165, 1.54) is 10.8 Å². The lowest BCUT2D eigenvalue weighted by Crippen LogP contribution is -2.36. The second-order valence-corrected chi connectivity index (χ2v) is 12.9. The van der Waals surface area contributed by atoms with Crippen LogP contribution in [0.15, 0.2) is 12.3 Å². The van der Waals surface area contributed by atoms with Crippen LogP contribution in [0.5, 0.6) is 0 Å². The molecule has 5 N–H and O–H groups in total. The number of nitrogens with zero attached hydrogens (tertiary/aromatic N) is 3. The summed E-state index contributed by atoms with van der Waals surface area (Å²) < 4.78 is 55.5. The third-order valence-corrected chi connectivity index (χ3v) is 9.78. The van der Waals surface area contributed by atoms with Crippen molar-refractivity contribution in [2.75, 3.05) is 16.6 Å². The van der Waals surface area contributed by atoms with Crippen molar-refractivity contribution >= 4 is 45.8 Å². The van der Waals surface area contributed by atoms with Gasteiger partial charge in [0.05, 0.1) is 11.4 Å². The average molecular weight is 539 g/mol. The lowest BCUT2D eigenvalue weighted by Gasteiger charge is -2.31. The maximum Gasteiger partial charge on any atom is 0.340 e. The zero-order valence-corrected chi connectivity index (χ0v) is 19.8. The lowest BCUT2D eigenvalue weighted by atomic mass is 9.90. The quantitative estimate of drug-likeness (QED) is 0.245. The number of ether oxygens (including phenoxy) is 1. The maximum atomic E-state index is 13.3. The Morgan fingerprint density at radius 2 is 2.03 bits per heavy atom. The number of pyridine rings is 1. The smallest absolute Gasteiger partial charge is 0.340 e. The van der Waals surface area contributed by atoms with Gasteiger partial charge in [-0.3, -0.25) is 4.57 Å². The number of aliphatic hydroxyl groups is 2. The fraction of sp³-hybridized carbons (Fsp3) is 0.556. The number of sulfone groups is 1. The van der Waals surface area contributed by atoms with E-state index in [1.807, 2.05) is 6.07 Å². The third-order valence-electron chi connectivity index (χ3n) is 5.75. The highest BCUT2D eigenvalue weighted by Crippen LogP contribution is 2.40. The molecule has 0 aromatic carbocycles. The van der Waals surface area contributed by atoms with Crippen molar-refractivity contribution in [3.05, 3.63) is 23.0 Å². The van der Waals surface area contributed by atoms with E-state index in [0.717, 1.165) is 0 Å². The first-order valence-electron chi connectivity index (χ1n) is 10.1. The number of alkyl halides is 1. The molecule has 1 aliphatic heterocycles. The first-order chi connectivity index (χ1) is 15.8. The van der Waals surface area contributed by atoms with Crippen LogP contribution in [-0.2, 0) is 19.1 Å². The van der Waals surface area contributed by atoms with Crippen LogP contribution >= 0.6 is 19.2 Å². The minimum atomic E-state index is -4.88. The maximum absolute atomic E-state index is 13.3. The van der Waals surface area contributed by atoms with Crippen LogP contribution in [0.4, 0.5) is 10.1 Å². The highest BCUT2D eigenvalue weighted by atomic mass is 35.5. The highest BCUT2D eigenvalue weighted by molar-refractivity contribution is 7.97. The second-order valence-electron chi connectivity index (χ2n) is 8.38. The fourth-order valence-electron chi connectivity index (χ4n) is 4.12. The van der Waals surface area contributed by atoms with Crippen molar-refractivity contribution < 1.29 is 42.1 Å². The fourth-order valence-corrected chi connectivity index (χ4v) is 7.59. The Balaban J connectivity index is 1.65.